The molecule has 0 saturated heterocycles. The lowest BCUT2D eigenvalue weighted by atomic mass is 9.87. The SMILES string of the molecule is CC(N)c1ncc(C(O)Nc2cccc(C(C)(C)C)c2)s1. The highest BCUT2D eigenvalue weighted by atomic mass is 32.1. The Hall–Kier alpha value is -1.43. The van der Waals surface area contributed by atoms with Gasteiger partial charge in [0.2, 0.25) is 0 Å². The van der Waals surface area contributed by atoms with E-state index in [1.54, 1.807) is 6.20 Å². The first-order valence-electron chi connectivity index (χ1n) is 7.04. The third kappa shape index (κ3) is 4.03. The summed E-state index contributed by atoms with van der Waals surface area (Å²) in [5.74, 6) is 0. The Bertz CT molecular complexity index is 602. The molecule has 1 heterocycles. The number of aliphatic hydroxyl groups excluding tert-OH is 1. The number of thiazole rings is 1. The minimum atomic E-state index is -0.773. The van der Waals surface area contributed by atoms with Gasteiger partial charge in [0.1, 0.15) is 5.01 Å². The molecule has 5 heteroatoms. The Morgan fingerprint density at radius 2 is 2.05 bits per heavy atom. The average Bonchev–Trinajstić information content (AvgIpc) is 2.88. The van der Waals surface area contributed by atoms with Gasteiger partial charge in [0.15, 0.2) is 6.23 Å². The van der Waals surface area contributed by atoms with Crippen LogP contribution in [0.1, 0.15) is 55.4 Å². The van der Waals surface area contributed by atoms with Crippen LogP contribution in [0.4, 0.5) is 5.69 Å². The number of rotatable bonds is 4. The topological polar surface area (TPSA) is 71.2 Å². The molecular formula is C16H23N3OS. The number of aromatic nitrogens is 1. The summed E-state index contributed by atoms with van der Waals surface area (Å²) in [5.41, 5.74) is 7.99. The van der Waals surface area contributed by atoms with Crippen LogP contribution in [0.25, 0.3) is 0 Å². The van der Waals surface area contributed by atoms with Gasteiger partial charge in [-0.15, -0.1) is 11.3 Å². The van der Waals surface area contributed by atoms with E-state index in [-0.39, 0.29) is 11.5 Å². The van der Waals surface area contributed by atoms with Crippen molar-refractivity contribution >= 4 is 17.0 Å². The maximum atomic E-state index is 10.3. The highest BCUT2D eigenvalue weighted by Crippen LogP contribution is 2.28. The zero-order valence-corrected chi connectivity index (χ0v) is 13.7. The maximum absolute atomic E-state index is 10.3. The summed E-state index contributed by atoms with van der Waals surface area (Å²) in [4.78, 5) is 5.00. The molecule has 2 unspecified atom stereocenters. The van der Waals surface area contributed by atoms with E-state index < -0.39 is 6.23 Å². The smallest absolute Gasteiger partial charge is 0.161 e. The van der Waals surface area contributed by atoms with Crippen molar-refractivity contribution in [2.45, 2.75) is 45.4 Å². The molecule has 2 rings (SSSR count). The predicted molar refractivity (Wildman–Crippen MR) is 88.4 cm³/mol. The Morgan fingerprint density at radius 3 is 2.62 bits per heavy atom. The standard InChI is InChI=1S/C16H23N3OS/c1-10(17)15-18-9-13(21-15)14(20)19-12-7-5-6-11(8-12)16(2,3)4/h5-10,14,19-20H,17H2,1-4H3. The summed E-state index contributed by atoms with van der Waals surface area (Å²) in [7, 11) is 0. The lowest BCUT2D eigenvalue weighted by Crippen LogP contribution is -2.13. The first kappa shape index (κ1) is 15.9. The molecular weight excluding hydrogens is 282 g/mol. The maximum Gasteiger partial charge on any atom is 0.161 e. The van der Waals surface area contributed by atoms with Gasteiger partial charge >= 0.3 is 0 Å². The van der Waals surface area contributed by atoms with Gasteiger partial charge in [0, 0.05) is 11.9 Å². The molecule has 0 fully saturated rings. The minimum Gasteiger partial charge on any atom is -0.369 e. The molecule has 0 amide bonds. The van der Waals surface area contributed by atoms with Crippen molar-refractivity contribution < 1.29 is 5.11 Å². The van der Waals surface area contributed by atoms with Crippen LogP contribution in [0.15, 0.2) is 30.5 Å². The molecule has 0 bridgehead atoms. The molecule has 0 aliphatic rings. The molecule has 0 aliphatic heterocycles. The van der Waals surface area contributed by atoms with Crippen molar-refractivity contribution in [1.82, 2.24) is 4.98 Å². The molecule has 0 aliphatic carbocycles. The zero-order valence-electron chi connectivity index (χ0n) is 12.9. The Morgan fingerprint density at radius 1 is 1.33 bits per heavy atom. The quantitative estimate of drug-likeness (QED) is 0.755. The van der Waals surface area contributed by atoms with Crippen molar-refractivity contribution in [3.05, 3.63) is 45.9 Å². The van der Waals surface area contributed by atoms with Crippen molar-refractivity contribution in [1.29, 1.82) is 0 Å². The highest BCUT2D eigenvalue weighted by molar-refractivity contribution is 7.11. The summed E-state index contributed by atoms with van der Waals surface area (Å²) in [6.07, 6.45) is 0.902. The second-order valence-corrected chi connectivity index (χ2v) is 7.36. The summed E-state index contributed by atoms with van der Waals surface area (Å²) in [6, 6.07) is 8.00. The number of hydrogen-bond donors (Lipinski definition) is 3. The average molecular weight is 305 g/mol. The van der Waals surface area contributed by atoms with Crippen LogP contribution in [-0.2, 0) is 5.41 Å². The number of aliphatic hydroxyl groups is 1. The fourth-order valence-corrected chi connectivity index (χ4v) is 2.75. The molecule has 0 spiro atoms. The predicted octanol–water partition coefficient (Wildman–Crippen LogP) is 3.56. The first-order chi connectivity index (χ1) is 9.77. The van der Waals surface area contributed by atoms with Crippen LogP contribution < -0.4 is 11.1 Å². The van der Waals surface area contributed by atoms with Gasteiger partial charge in [0.25, 0.3) is 0 Å². The van der Waals surface area contributed by atoms with Gasteiger partial charge in [0.05, 0.1) is 10.9 Å². The first-order valence-corrected chi connectivity index (χ1v) is 7.85. The van der Waals surface area contributed by atoms with Crippen LogP contribution in [0.5, 0.6) is 0 Å². The van der Waals surface area contributed by atoms with Crippen molar-refractivity contribution in [2.24, 2.45) is 5.73 Å². The van der Waals surface area contributed by atoms with Gasteiger partial charge < -0.3 is 16.2 Å². The minimum absolute atomic E-state index is 0.0787. The molecule has 2 aromatic rings. The number of nitrogens with two attached hydrogens (primary N) is 1. The highest BCUT2D eigenvalue weighted by Gasteiger charge is 2.16. The third-order valence-electron chi connectivity index (χ3n) is 3.23. The summed E-state index contributed by atoms with van der Waals surface area (Å²) in [6.45, 7) is 8.39. The largest absolute Gasteiger partial charge is 0.369 e. The summed E-state index contributed by atoms with van der Waals surface area (Å²) >= 11 is 1.43. The van der Waals surface area contributed by atoms with Gasteiger partial charge in [-0.05, 0) is 30.0 Å². The van der Waals surface area contributed by atoms with Crippen LogP contribution in [0.3, 0.4) is 0 Å². The molecule has 0 radical (unpaired) electrons. The number of benzene rings is 1. The van der Waals surface area contributed by atoms with Crippen LogP contribution >= 0.6 is 11.3 Å². The number of anilines is 1. The van der Waals surface area contributed by atoms with Gasteiger partial charge in [-0.3, -0.25) is 0 Å². The molecule has 0 saturated carbocycles. The van der Waals surface area contributed by atoms with E-state index in [0.717, 1.165) is 15.6 Å². The summed E-state index contributed by atoms with van der Waals surface area (Å²) < 4.78 is 0. The van der Waals surface area contributed by atoms with E-state index in [0.29, 0.717) is 0 Å². The Labute approximate surface area is 130 Å². The lowest BCUT2D eigenvalue weighted by molar-refractivity contribution is 0.212. The van der Waals surface area contributed by atoms with Crippen molar-refractivity contribution in [2.75, 3.05) is 5.32 Å². The van der Waals surface area contributed by atoms with E-state index in [9.17, 15) is 5.11 Å². The number of nitrogens with zero attached hydrogens (tertiary/aromatic N) is 1. The van der Waals surface area contributed by atoms with E-state index in [2.05, 4.69) is 43.2 Å². The second kappa shape index (κ2) is 6.13. The van der Waals surface area contributed by atoms with E-state index in [1.807, 2.05) is 19.1 Å². The van der Waals surface area contributed by atoms with E-state index >= 15 is 0 Å². The molecule has 4 nitrogen and oxygen atoms in total. The van der Waals surface area contributed by atoms with Crippen molar-refractivity contribution in [3.63, 3.8) is 0 Å². The summed E-state index contributed by atoms with van der Waals surface area (Å²) in [5, 5.41) is 14.2. The normalized spacial score (nSPS) is 14.8. The van der Waals surface area contributed by atoms with Gasteiger partial charge in [-0.2, -0.15) is 0 Å². The fourth-order valence-electron chi connectivity index (χ4n) is 1.94. The van der Waals surface area contributed by atoms with Crippen LogP contribution in [0.2, 0.25) is 0 Å². The number of nitrogens with one attached hydrogen (secondary N) is 1. The number of hydrogen-bond acceptors (Lipinski definition) is 5. The molecule has 4 N–H and O–H groups in total. The molecule has 2 atom stereocenters. The molecule has 21 heavy (non-hydrogen) atoms. The Balaban J connectivity index is 2.13. The monoisotopic (exact) mass is 305 g/mol. The molecule has 1 aromatic carbocycles. The second-order valence-electron chi connectivity index (χ2n) is 6.27. The Kier molecular flexibility index (Phi) is 4.66. The van der Waals surface area contributed by atoms with Crippen LogP contribution in [0, 0.1) is 0 Å². The fraction of sp³-hybridized carbons (Fsp3) is 0.438. The zero-order chi connectivity index (χ0) is 15.6. The lowest BCUT2D eigenvalue weighted by Gasteiger charge is -2.21. The van der Waals surface area contributed by atoms with E-state index in [1.165, 1.54) is 16.9 Å². The molecule has 1 aromatic heterocycles. The van der Waals surface area contributed by atoms with Crippen molar-refractivity contribution in [3.8, 4) is 0 Å². The van der Waals surface area contributed by atoms with E-state index in [4.69, 9.17) is 5.73 Å². The van der Waals surface area contributed by atoms with Crippen LogP contribution in [-0.4, -0.2) is 10.1 Å². The van der Waals surface area contributed by atoms with Gasteiger partial charge in [-0.1, -0.05) is 32.9 Å². The van der Waals surface area contributed by atoms with Gasteiger partial charge in [-0.25, -0.2) is 4.98 Å². The third-order valence-corrected chi connectivity index (χ3v) is 4.48. The molecule has 114 valence electrons.